The van der Waals surface area contributed by atoms with Crippen molar-refractivity contribution in [2.24, 2.45) is 7.05 Å². The number of rotatable bonds is 4. The molecule has 9 nitrogen and oxygen atoms in total. The van der Waals surface area contributed by atoms with Gasteiger partial charge in [0.25, 0.3) is 5.69 Å². The van der Waals surface area contributed by atoms with Crippen LogP contribution in [0.3, 0.4) is 0 Å². The first-order chi connectivity index (χ1) is 8.97. The van der Waals surface area contributed by atoms with Gasteiger partial charge in [0.1, 0.15) is 17.6 Å². The summed E-state index contributed by atoms with van der Waals surface area (Å²) in [7, 11) is 1.70. The molecule has 0 saturated heterocycles. The van der Waals surface area contributed by atoms with Crippen molar-refractivity contribution in [2.45, 2.75) is 0 Å². The molecule has 2 heterocycles. The number of aromatic carboxylic acids is 1. The summed E-state index contributed by atoms with van der Waals surface area (Å²) >= 11 is 0. The molecular formula is C10H9N5O4. The highest BCUT2D eigenvalue weighted by atomic mass is 16.6. The Bertz CT molecular complexity index is 651. The first kappa shape index (κ1) is 12.5. The van der Waals surface area contributed by atoms with Gasteiger partial charge < -0.3 is 10.4 Å². The van der Waals surface area contributed by atoms with Crippen molar-refractivity contribution < 1.29 is 14.8 Å². The number of pyridine rings is 1. The minimum Gasteiger partial charge on any atom is -0.478 e. The van der Waals surface area contributed by atoms with E-state index in [0.29, 0.717) is 5.69 Å². The van der Waals surface area contributed by atoms with Crippen LogP contribution >= 0.6 is 0 Å². The van der Waals surface area contributed by atoms with Gasteiger partial charge >= 0.3 is 5.97 Å². The highest BCUT2D eigenvalue weighted by molar-refractivity contribution is 5.94. The molecule has 2 rings (SSSR count). The average molecular weight is 263 g/mol. The fraction of sp³-hybridized carbons (Fsp3) is 0.100. The number of carboxylic acids is 1. The van der Waals surface area contributed by atoms with Gasteiger partial charge in [-0.3, -0.25) is 14.8 Å². The standard InChI is InChI=1S/C10H9N5O4/c1-14-5-6(3-12-14)13-9-8(10(16)17)2-7(4-11-9)15(18)19/h2-5H,1H3,(H,11,13)(H,16,17). The zero-order chi connectivity index (χ0) is 14.0. The van der Waals surface area contributed by atoms with Crippen LogP contribution in [-0.4, -0.2) is 30.8 Å². The van der Waals surface area contributed by atoms with Crippen LogP contribution in [0.25, 0.3) is 0 Å². The van der Waals surface area contributed by atoms with Crippen LogP contribution < -0.4 is 5.32 Å². The summed E-state index contributed by atoms with van der Waals surface area (Å²) < 4.78 is 1.52. The van der Waals surface area contributed by atoms with Gasteiger partial charge in [0.05, 0.1) is 16.8 Å². The molecule has 2 N–H and O–H groups in total. The summed E-state index contributed by atoms with van der Waals surface area (Å²) in [6, 6.07) is 0.952. The number of hydrogen-bond donors (Lipinski definition) is 2. The Labute approximate surface area is 106 Å². The zero-order valence-electron chi connectivity index (χ0n) is 9.77. The number of carbonyl (C=O) groups is 1. The molecule has 9 heteroatoms. The molecule has 0 aliphatic heterocycles. The molecule has 0 bridgehead atoms. The summed E-state index contributed by atoms with van der Waals surface area (Å²) in [5.74, 6) is -1.28. The highest BCUT2D eigenvalue weighted by Crippen LogP contribution is 2.22. The van der Waals surface area contributed by atoms with E-state index in [0.717, 1.165) is 12.3 Å². The van der Waals surface area contributed by atoms with E-state index in [4.69, 9.17) is 5.11 Å². The lowest BCUT2D eigenvalue weighted by molar-refractivity contribution is -0.385. The fourth-order valence-corrected chi connectivity index (χ4v) is 1.44. The Hall–Kier alpha value is -2.97. The van der Waals surface area contributed by atoms with Gasteiger partial charge in [0.2, 0.25) is 0 Å². The van der Waals surface area contributed by atoms with E-state index in [-0.39, 0.29) is 17.1 Å². The predicted molar refractivity (Wildman–Crippen MR) is 64.3 cm³/mol. The van der Waals surface area contributed by atoms with E-state index in [2.05, 4.69) is 15.4 Å². The van der Waals surface area contributed by atoms with Crippen molar-refractivity contribution in [1.82, 2.24) is 14.8 Å². The van der Waals surface area contributed by atoms with E-state index in [1.807, 2.05) is 0 Å². The van der Waals surface area contributed by atoms with E-state index >= 15 is 0 Å². The number of carboxylic acid groups (broad SMARTS) is 1. The van der Waals surface area contributed by atoms with Crippen LogP contribution in [0.4, 0.5) is 17.2 Å². The van der Waals surface area contributed by atoms with Crippen molar-refractivity contribution in [1.29, 1.82) is 0 Å². The molecule has 98 valence electrons. The first-order valence-electron chi connectivity index (χ1n) is 5.11. The third-order valence-corrected chi connectivity index (χ3v) is 2.28. The molecule has 0 unspecified atom stereocenters. The molecule has 0 spiro atoms. The summed E-state index contributed by atoms with van der Waals surface area (Å²) in [4.78, 5) is 24.7. The topological polar surface area (TPSA) is 123 Å². The molecule has 0 amide bonds. The number of aryl methyl sites for hydroxylation is 1. The van der Waals surface area contributed by atoms with Gasteiger partial charge in [-0.15, -0.1) is 0 Å². The molecule has 0 radical (unpaired) electrons. The molecule has 0 aliphatic carbocycles. The van der Waals surface area contributed by atoms with Gasteiger partial charge in [0.15, 0.2) is 0 Å². The Kier molecular flexibility index (Phi) is 3.10. The van der Waals surface area contributed by atoms with E-state index in [1.54, 1.807) is 13.2 Å². The SMILES string of the molecule is Cn1cc(Nc2ncc([N+](=O)[O-])cc2C(=O)O)cn1. The Balaban J connectivity index is 2.39. The molecule has 2 aromatic rings. The van der Waals surface area contributed by atoms with Crippen LogP contribution in [0.15, 0.2) is 24.7 Å². The van der Waals surface area contributed by atoms with Crippen LogP contribution in [0, 0.1) is 10.1 Å². The number of nitro groups is 1. The molecular weight excluding hydrogens is 254 g/mol. The Morgan fingerprint density at radius 3 is 2.79 bits per heavy atom. The quantitative estimate of drug-likeness (QED) is 0.626. The van der Waals surface area contributed by atoms with Crippen LogP contribution in [0.1, 0.15) is 10.4 Å². The molecule has 0 aromatic carbocycles. The summed E-state index contributed by atoms with van der Waals surface area (Å²) in [6.45, 7) is 0. The minimum absolute atomic E-state index is 0.0195. The number of hydrogen-bond acceptors (Lipinski definition) is 6. The second kappa shape index (κ2) is 4.72. The second-order valence-corrected chi connectivity index (χ2v) is 3.68. The predicted octanol–water partition coefficient (Wildman–Crippen LogP) is 1.17. The Morgan fingerprint density at radius 1 is 1.53 bits per heavy atom. The maximum absolute atomic E-state index is 11.1. The van der Waals surface area contributed by atoms with Gasteiger partial charge in [-0.1, -0.05) is 0 Å². The van der Waals surface area contributed by atoms with Crippen molar-refractivity contribution >= 4 is 23.2 Å². The monoisotopic (exact) mass is 263 g/mol. The number of aromatic nitrogens is 3. The lowest BCUT2D eigenvalue weighted by Crippen LogP contribution is -2.05. The van der Waals surface area contributed by atoms with Crippen molar-refractivity contribution in [3.63, 3.8) is 0 Å². The van der Waals surface area contributed by atoms with Gasteiger partial charge in [0, 0.05) is 19.3 Å². The largest absolute Gasteiger partial charge is 0.478 e. The third-order valence-electron chi connectivity index (χ3n) is 2.28. The smallest absolute Gasteiger partial charge is 0.339 e. The van der Waals surface area contributed by atoms with Crippen LogP contribution in [-0.2, 0) is 7.05 Å². The maximum atomic E-state index is 11.1. The third kappa shape index (κ3) is 2.65. The number of nitrogens with one attached hydrogen (secondary N) is 1. The number of anilines is 2. The lowest BCUT2D eigenvalue weighted by atomic mass is 10.2. The van der Waals surface area contributed by atoms with Crippen molar-refractivity contribution in [2.75, 3.05) is 5.32 Å². The minimum atomic E-state index is -1.30. The zero-order valence-corrected chi connectivity index (χ0v) is 9.77. The first-order valence-corrected chi connectivity index (χ1v) is 5.11. The molecule has 19 heavy (non-hydrogen) atoms. The molecule has 0 atom stereocenters. The molecule has 0 aliphatic rings. The van der Waals surface area contributed by atoms with Crippen LogP contribution in [0.2, 0.25) is 0 Å². The van der Waals surface area contributed by atoms with Gasteiger partial charge in [-0.2, -0.15) is 5.10 Å². The second-order valence-electron chi connectivity index (χ2n) is 3.68. The van der Waals surface area contributed by atoms with Crippen molar-refractivity contribution in [3.8, 4) is 0 Å². The highest BCUT2D eigenvalue weighted by Gasteiger charge is 2.17. The number of nitrogens with zero attached hydrogens (tertiary/aromatic N) is 4. The summed E-state index contributed by atoms with van der Waals surface area (Å²) in [6.07, 6.45) is 4.09. The lowest BCUT2D eigenvalue weighted by Gasteiger charge is -2.05. The molecule has 0 fully saturated rings. The van der Waals surface area contributed by atoms with Gasteiger partial charge in [-0.25, -0.2) is 9.78 Å². The Morgan fingerprint density at radius 2 is 2.26 bits per heavy atom. The van der Waals surface area contributed by atoms with Gasteiger partial charge in [-0.05, 0) is 0 Å². The molecule has 0 saturated carbocycles. The molecule has 2 aromatic heterocycles. The normalized spacial score (nSPS) is 10.2. The maximum Gasteiger partial charge on any atom is 0.339 e. The average Bonchev–Trinajstić information content (AvgIpc) is 2.74. The van der Waals surface area contributed by atoms with E-state index < -0.39 is 10.9 Å². The van der Waals surface area contributed by atoms with E-state index in [1.165, 1.54) is 10.9 Å². The summed E-state index contributed by atoms with van der Waals surface area (Å²) in [5.41, 5.74) is -0.126. The van der Waals surface area contributed by atoms with E-state index in [9.17, 15) is 14.9 Å². The van der Waals surface area contributed by atoms with Crippen LogP contribution in [0.5, 0.6) is 0 Å². The fourth-order valence-electron chi connectivity index (χ4n) is 1.44. The summed E-state index contributed by atoms with van der Waals surface area (Å²) in [5, 5.41) is 26.3. The van der Waals surface area contributed by atoms with Crippen molar-refractivity contribution in [3.05, 3.63) is 40.3 Å².